The smallest absolute Gasteiger partial charge is 0.243 e. The lowest BCUT2D eigenvalue weighted by Crippen LogP contribution is -2.40. The van der Waals surface area contributed by atoms with Crippen molar-refractivity contribution >= 4 is 32.5 Å². The Morgan fingerprint density at radius 1 is 1.03 bits per heavy atom. The maximum atomic E-state index is 13.5. The van der Waals surface area contributed by atoms with Crippen molar-refractivity contribution in [1.82, 2.24) is 14.2 Å². The van der Waals surface area contributed by atoms with Crippen molar-refractivity contribution in [3.8, 4) is 11.3 Å². The van der Waals surface area contributed by atoms with Crippen LogP contribution in [0.5, 0.6) is 0 Å². The van der Waals surface area contributed by atoms with E-state index in [1.54, 1.807) is 26.3 Å². The molecule has 2 heterocycles. The summed E-state index contributed by atoms with van der Waals surface area (Å²) < 4.78 is 38.6. The SMILES string of the molecule is COCCOCCN(C)C(=O)CN(C)S(=O)(=O)c1ccc(N2CCCC2)c(-c2cc3ccc(C)cc3[nH]2)c1. The monoisotopic (exact) mass is 542 g/mol. The summed E-state index contributed by atoms with van der Waals surface area (Å²) in [7, 11) is 0.777. The Hall–Kier alpha value is -2.92. The summed E-state index contributed by atoms with van der Waals surface area (Å²) in [6.07, 6.45) is 2.22. The molecule has 0 aliphatic carbocycles. The Morgan fingerprint density at radius 3 is 2.53 bits per heavy atom. The molecule has 10 heteroatoms. The number of ether oxygens (including phenoxy) is 2. The minimum atomic E-state index is -3.90. The quantitative estimate of drug-likeness (QED) is 0.352. The standard InChI is InChI=1S/C28H38N4O5S/c1-21-7-8-22-18-26(29-25(22)17-21)24-19-23(9-10-27(24)32-11-5-6-12-32)38(34,35)31(3)20-28(33)30(2)13-14-37-16-15-36-4/h7-10,17-19,29H,5-6,11-16,20H2,1-4H3. The maximum Gasteiger partial charge on any atom is 0.243 e. The van der Waals surface area contributed by atoms with Gasteiger partial charge in [-0.05, 0) is 55.7 Å². The van der Waals surface area contributed by atoms with E-state index in [0.29, 0.717) is 26.4 Å². The van der Waals surface area contributed by atoms with Gasteiger partial charge in [0.1, 0.15) is 0 Å². The summed E-state index contributed by atoms with van der Waals surface area (Å²) in [4.78, 5) is 20.2. The molecule has 1 saturated heterocycles. The Labute approximate surface area is 225 Å². The fraction of sp³-hybridized carbons (Fsp3) is 0.464. The molecule has 1 amide bonds. The van der Waals surface area contributed by atoms with Crippen LogP contribution in [0.15, 0.2) is 47.4 Å². The molecule has 4 rings (SSSR count). The topological polar surface area (TPSA) is 95.2 Å². The number of fused-ring (bicyclic) bond motifs is 1. The molecule has 1 N–H and O–H groups in total. The molecular formula is C28H38N4O5S. The first-order chi connectivity index (χ1) is 18.2. The van der Waals surface area contributed by atoms with Gasteiger partial charge in [0.05, 0.1) is 31.3 Å². The van der Waals surface area contributed by atoms with Gasteiger partial charge in [-0.3, -0.25) is 4.79 Å². The van der Waals surface area contributed by atoms with Crippen molar-refractivity contribution in [2.75, 3.05) is 72.1 Å². The van der Waals surface area contributed by atoms with Gasteiger partial charge >= 0.3 is 0 Å². The fourth-order valence-corrected chi connectivity index (χ4v) is 5.80. The van der Waals surface area contributed by atoms with E-state index in [4.69, 9.17) is 9.47 Å². The number of aryl methyl sites for hydroxylation is 1. The van der Waals surface area contributed by atoms with Gasteiger partial charge < -0.3 is 24.3 Å². The van der Waals surface area contributed by atoms with Crippen LogP contribution in [-0.4, -0.2) is 95.7 Å². The molecule has 0 saturated carbocycles. The van der Waals surface area contributed by atoms with Crippen molar-refractivity contribution in [2.24, 2.45) is 0 Å². The van der Waals surface area contributed by atoms with Crippen LogP contribution in [0.3, 0.4) is 0 Å². The molecule has 38 heavy (non-hydrogen) atoms. The molecule has 0 spiro atoms. The predicted molar refractivity (Wildman–Crippen MR) is 150 cm³/mol. The van der Waals surface area contributed by atoms with Crippen LogP contribution >= 0.6 is 0 Å². The fourth-order valence-electron chi connectivity index (χ4n) is 4.66. The summed E-state index contributed by atoms with van der Waals surface area (Å²) in [5, 5.41) is 1.07. The average molecular weight is 543 g/mol. The first-order valence-corrected chi connectivity index (χ1v) is 14.4. The lowest BCUT2D eigenvalue weighted by Gasteiger charge is -2.24. The highest BCUT2D eigenvalue weighted by atomic mass is 32.2. The number of nitrogens with zero attached hydrogens (tertiary/aromatic N) is 3. The van der Waals surface area contributed by atoms with E-state index in [0.717, 1.165) is 63.6 Å². The number of benzene rings is 2. The first-order valence-electron chi connectivity index (χ1n) is 13.0. The average Bonchev–Trinajstić information content (AvgIpc) is 3.58. The maximum absolute atomic E-state index is 13.5. The van der Waals surface area contributed by atoms with Crippen molar-refractivity contribution in [2.45, 2.75) is 24.7 Å². The number of rotatable bonds is 12. The molecule has 1 fully saturated rings. The number of H-pyrrole nitrogens is 1. The van der Waals surface area contributed by atoms with E-state index < -0.39 is 10.0 Å². The number of hydrogen-bond acceptors (Lipinski definition) is 6. The third kappa shape index (κ3) is 6.37. The third-order valence-corrected chi connectivity index (χ3v) is 8.78. The minimum absolute atomic E-state index is 0.158. The molecule has 2 aromatic carbocycles. The van der Waals surface area contributed by atoms with Crippen LogP contribution in [-0.2, 0) is 24.3 Å². The Morgan fingerprint density at radius 2 is 1.79 bits per heavy atom. The van der Waals surface area contributed by atoms with E-state index in [1.807, 2.05) is 13.0 Å². The lowest BCUT2D eigenvalue weighted by atomic mass is 10.1. The van der Waals surface area contributed by atoms with Gasteiger partial charge in [-0.2, -0.15) is 4.31 Å². The molecule has 0 atom stereocenters. The number of carbonyl (C=O) groups is 1. The largest absolute Gasteiger partial charge is 0.382 e. The van der Waals surface area contributed by atoms with Gasteiger partial charge in [0.25, 0.3) is 0 Å². The molecule has 0 bridgehead atoms. The van der Waals surface area contributed by atoms with Gasteiger partial charge in [-0.1, -0.05) is 12.1 Å². The van der Waals surface area contributed by atoms with E-state index in [1.165, 1.54) is 11.9 Å². The van der Waals surface area contributed by atoms with Crippen LogP contribution in [0.4, 0.5) is 5.69 Å². The highest BCUT2D eigenvalue weighted by molar-refractivity contribution is 7.89. The lowest BCUT2D eigenvalue weighted by molar-refractivity contribution is -0.130. The molecule has 206 valence electrons. The second kappa shape index (κ2) is 12.3. The molecule has 0 radical (unpaired) electrons. The first kappa shape index (κ1) is 28.1. The zero-order valence-corrected chi connectivity index (χ0v) is 23.5. The number of amides is 1. The number of hydrogen-bond donors (Lipinski definition) is 1. The summed E-state index contributed by atoms with van der Waals surface area (Å²) in [5.41, 5.74) is 4.89. The van der Waals surface area contributed by atoms with Gasteiger partial charge in [-0.25, -0.2) is 8.42 Å². The van der Waals surface area contributed by atoms with E-state index >= 15 is 0 Å². The van der Waals surface area contributed by atoms with E-state index in [9.17, 15) is 13.2 Å². The van der Waals surface area contributed by atoms with E-state index in [2.05, 4.69) is 34.1 Å². The molecule has 0 unspecified atom stereocenters. The van der Waals surface area contributed by atoms with Gasteiger partial charge in [0, 0.05) is 68.7 Å². The highest BCUT2D eigenvalue weighted by Gasteiger charge is 2.27. The Bertz CT molecular complexity index is 1360. The van der Waals surface area contributed by atoms with Gasteiger partial charge in [-0.15, -0.1) is 0 Å². The predicted octanol–water partition coefficient (Wildman–Crippen LogP) is 3.49. The molecular weight excluding hydrogens is 504 g/mol. The molecule has 1 aliphatic heterocycles. The number of sulfonamides is 1. The van der Waals surface area contributed by atoms with Crippen LogP contribution in [0.1, 0.15) is 18.4 Å². The van der Waals surface area contributed by atoms with Crippen LogP contribution in [0.2, 0.25) is 0 Å². The third-order valence-electron chi connectivity index (χ3n) is 6.98. The summed E-state index contributed by atoms with van der Waals surface area (Å²) in [5.74, 6) is -0.300. The van der Waals surface area contributed by atoms with Gasteiger partial charge in [0.15, 0.2) is 0 Å². The molecule has 1 aromatic heterocycles. The summed E-state index contributed by atoms with van der Waals surface area (Å²) in [6.45, 7) is 5.31. The van der Waals surface area contributed by atoms with Crippen molar-refractivity contribution in [3.63, 3.8) is 0 Å². The highest BCUT2D eigenvalue weighted by Crippen LogP contribution is 2.36. The normalized spacial score (nSPS) is 14.1. The number of anilines is 1. The summed E-state index contributed by atoms with van der Waals surface area (Å²) >= 11 is 0. The van der Waals surface area contributed by atoms with Crippen LogP contribution in [0.25, 0.3) is 22.2 Å². The Kier molecular flexibility index (Phi) is 9.09. The molecule has 1 aliphatic rings. The summed E-state index contributed by atoms with van der Waals surface area (Å²) in [6, 6.07) is 13.6. The van der Waals surface area contributed by atoms with Crippen molar-refractivity contribution < 1.29 is 22.7 Å². The van der Waals surface area contributed by atoms with Crippen molar-refractivity contribution in [1.29, 1.82) is 0 Å². The minimum Gasteiger partial charge on any atom is -0.382 e. The number of nitrogens with one attached hydrogen (secondary N) is 1. The van der Waals surface area contributed by atoms with E-state index in [-0.39, 0.29) is 17.3 Å². The van der Waals surface area contributed by atoms with Crippen LogP contribution in [0, 0.1) is 6.92 Å². The van der Waals surface area contributed by atoms with Crippen LogP contribution < -0.4 is 4.90 Å². The number of methoxy groups -OCH3 is 1. The molecule has 9 nitrogen and oxygen atoms in total. The van der Waals surface area contributed by atoms with Gasteiger partial charge in [0.2, 0.25) is 15.9 Å². The second-order valence-electron chi connectivity index (χ2n) is 9.83. The zero-order chi connectivity index (χ0) is 27.3. The number of aromatic amines is 1. The van der Waals surface area contributed by atoms with Crippen molar-refractivity contribution in [3.05, 3.63) is 48.0 Å². The molecule has 3 aromatic rings. The zero-order valence-electron chi connectivity index (χ0n) is 22.7. The number of carbonyl (C=O) groups excluding carboxylic acids is 1. The number of aromatic nitrogens is 1. The Balaban J connectivity index is 1.57. The number of likely N-dealkylation sites (N-methyl/N-ethyl adjacent to an activating group) is 2. The second-order valence-corrected chi connectivity index (χ2v) is 11.9.